The second kappa shape index (κ2) is 7.89. The van der Waals surface area contributed by atoms with Crippen molar-refractivity contribution in [1.82, 2.24) is 14.9 Å². The first kappa shape index (κ1) is 19.1. The van der Waals surface area contributed by atoms with Crippen LogP contribution >= 0.6 is 0 Å². The highest BCUT2D eigenvalue weighted by molar-refractivity contribution is 7.90. The van der Waals surface area contributed by atoms with E-state index in [9.17, 15) is 13.2 Å². The Labute approximate surface area is 159 Å². The van der Waals surface area contributed by atoms with Crippen LogP contribution in [0.2, 0.25) is 0 Å². The molecule has 1 heterocycles. The van der Waals surface area contributed by atoms with E-state index in [2.05, 4.69) is 15.0 Å². The summed E-state index contributed by atoms with van der Waals surface area (Å²) in [5.41, 5.74) is 1.59. The van der Waals surface area contributed by atoms with Crippen molar-refractivity contribution in [2.75, 3.05) is 27.2 Å². The van der Waals surface area contributed by atoms with Gasteiger partial charge >= 0.3 is 0 Å². The molecule has 0 bridgehead atoms. The molecule has 3 rings (SSSR count). The molecule has 0 spiro atoms. The first-order chi connectivity index (χ1) is 12.9. The Morgan fingerprint density at radius 1 is 1.11 bits per heavy atom. The molecule has 7 nitrogen and oxygen atoms in total. The van der Waals surface area contributed by atoms with E-state index in [1.54, 1.807) is 18.2 Å². The van der Waals surface area contributed by atoms with Crippen molar-refractivity contribution < 1.29 is 13.2 Å². The molecule has 8 heteroatoms. The minimum absolute atomic E-state index is 0.0357. The molecule has 142 valence electrons. The minimum Gasteiger partial charge on any atom is -0.353 e. The molecule has 0 saturated carbocycles. The second-order valence-corrected chi connectivity index (χ2v) is 8.11. The number of sulfonamides is 1. The molecule has 1 unspecified atom stereocenters. The van der Waals surface area contributed by atoms with Crippen LogP contribution in [0, 0.1) is 0 Å². The molecule has 27 heavy (non-hydrogen) atoms. The van der Waals surface area contributed by atoms with Gasteiger partial charge in [0, 0.05) is 12.1 Å². The Morgan fingerprint density at radius 2 is 1.78 bits per heavy atom. The van der Waals surface area contributed by atoms with E-state index in [-0.39, 0.29) is 29.2 Å². The Hall–Kier alpha value is -2.71. The summed E-state index contributed by atoms with van der Waals surface area (Å²) < 4.78 is 26.5. The van der Waals surface area contributed by atoms with Gasteiger partial charge in [-0.05, 0) is 31.8 Å². The van der Waals surface area contributed by atoms with Gasteiger partial charge in [0.2, 0.25) is 5.91 Å². The van der Waals surface area contributed by atoms with Crippen LogP contribution in [0.1, 0.15) is 17.2 Å². The van der Waals surface area contributed by atoms with E-state index in [4.69, 9.17) is 0 Å². The van der Waals surface area contributed by atoms with Crippen LogP contribution in [-0.2, 0) is 14.8 Å². The number of likely N-dealkylation sites (N-methyl/N-ethyl adjacent to an activating group) is 1. The molecule has 0 aliphatic carbocycles. The molecular formula is C19H22N4O3S. The van der Waals surface area contributed by atoms with Crippen LogP contribution in [0.25, 0.3) is 0 Å². The summed E-state index contributed by atoms with van der Waals surface area (Å²) in [5, 5.41) is 2.87. The number of carbonyl (C=O) groups excluding carboxylic acids is 1. The summed E-state index contributed by atoms with van der Waals surface area (Å²) in [6.07, 6.45) is 0. The highest BCUT2D eigenvalue weighted by atomic mass is 32.2. The SMILES string of the molecule is CN(C)C(CNC(=O)CN=C1NS(=O)(=O)c2ccccc21)c1ccccc1. The summed E-state index contributed by atoms with van der Waals surface area (Å²) in [7, 11) is 0.311. The number of fused-ring (bicyclic) bond motifs is 1. The molecule has 2 aromatic carbocycles. The molecule has 1 atom stereocenters. The lowest BCUT2D eigenvalue weighted by Gasteiger charge is -2.25. The summed E-state index contributed by atoms with van der Waals surface area (Å²) in [4.78, 5) is 18.6. The van der Waals surface area contributed by atoms with Gasteiger partial charge in [0.25, 0.3) is 10.0 Å². The third-order valence-corrected chi connectivity index (χ3v) is 5.74. The third kappa shape index (κ3) is 4.35. The Kier molecular flexibility index (Phi) is 5.57. The zero-order valence-corrected chi connectivity index (χ0v) is 16.0. The number of nitrogens with one attached hydrogen (secondary N) is 2. The lowest BCUT2D eigenvalue weighted by atomic mass is 10.1. The van der Waals surface area contributed by atoms with Crippen LogP contribution in [0.15, 0.2) is 64.5 Å². The monoisotopic (exact) mass is 386 g/mol. The average Bonchev–Trinajstić information content (AvgIpc) is 2.92. The van der Waals surface area contributed by atoms with Gasteiger partial charge in [-0.25, -0.2) is 8.42 Å². The maximum Gasteiger partial charge on any atom is 0.263 e. The molecular weight excluding hydrogens is 364 g/mol. The summed E-state index contributed by atoms with van der Waals surface area (Å²) in [6, 6.07) is 16.5. The van der Waals surface area contributed by atoms with Crippen LogP contribution in [-0.4, -0.2) is 52.2 Å². The van der Waals surface area contributed by atoms with E-state index in [1.807, 2.05) is 49.3 Å². The quantitative estimate of drug-likeness (QED) is 0.779. The maximum atomic E-state index is 12.2. The van der Waals surface area contributed by atoms with Crippen LogP contribution in [0.5, 0.6) is 0 Å². The fourth-order valence-corrected chi connectivity index (χ4v) is 4.19. The number of amides is 1. The highest BCUT2D eigenvalue weighted by Crippen LogP contribution is 2.22. The van der Waals surface area contributed by atoms with Crippen LogP contribution < -0.4 is 10.0 Å². The van der Waals surface area contributed by atoms with E-state index < -0.39 is 10.0 Å². The molecule has 0 radical (unpaired) electrons. The summed E-state index contributed by atoms with van der Waals surface area (Å²) >= 11 is 0. The van der Waals surface area contributed by atoms with Gasteiger partial charge in [0.05, 0.1) is 10.9 Å². The van der Waals surface area contributed by atoms with Crippen molar-refractivity contribution >= 4 is 21.8 Å². The zero-order valence-electron chi connectivity index (χ0n) is 15.2. The second-order valence-electron chi connectivity index (χ2n) is 6.46. The van der Waals surface area contributed by atoms with Gasteiger partial charge in [-0.15, -0.1) is 0 Å². The van der Waals surface area contributed by atoms with Gasteiger partial charge in [-0.1, -0.05) is 42.5 Å². The first-order valence-electron chi connectivity index (χ1n) is 8.53. The minimum atomic E-state index is -3.59. The van der Waals surface area contributed by atoms with E-state index in [0.29, 0.717) is 12.1 Å². The molecule has 2 N–H and O–H groups in total. The number of carbonyl (C=O) groups is 1. The van der Waals surface area contributed by atoms with Gasteiger partial charge in [-0.2, -0.15) is 0 Å². The van der Waals surface area contributed by atoms with Crippen LogP contribution in [0.3, 0.4) is 0 Å². The fraction of sp³-hybridized carbons (Fsp3) is 0.263. The van der Waals surface area contributed by atoms with Crippen LogP contribution in [0.4, 0.5) is 0 Å². The number of hydrogen-bond donors (Lipinski definition) is 2. The normalized spacial score (nSPS) is 17.4. The molecule has 1 amide bonds. The van der Waals surface area contributed by atoms with Crippen molar-refractivity contribution in [3.63, 3.8) is 0 Å². The Morgan fingerprint density at radius 3 is 2.48 bits per heavy atom. The number of rotatable bonds is 6. The van der Waals surface area contributed by atoms with E-state index >= 15 is 0 Å². The fourth-order valence-electron chi connectivity index (χ4n) is 2.94. The first-order valence-corrected chi connectivity index (χ1v) is 10.0. The summed E-state index contributed by atoms with van der Waals surface area (Å²) in [6.45, 7) is 0.282. The number of hydrogen-bond acceptors (Lipinski definition) is 5. The number of amidine groups is 1. The molecule has 0 fully saturated rings. The number of aliphatic imine (C=N–C) groups is 1. The predicted octanol–water partition coefficient (Wildman–Crippen LogP) is 1.14. The topological polar surface area (TPSA) is 90.9 Å². The van der Waals surface area contributed by atoms with Crippen molar-refractivity contribution in [2.45, 2.75) is 10.9 Å². The lowest BCUT2D eigenvalue weighted by molar-refractivity contribution is -0.119. The number of benzene rings is 2. The molecule has 2 aromatic rings. The van der Waals surface area contributed by atoms with Crippen molar-refractivity contribution in [2.24, 2.45) is 4.99 Å². The summed E-state index contributed by atoms with van der Waals surface area (Å²) in [5.74, 6) is -0.0678. The third-order valence-electron chi connectivity index (χ3n) is 4.34. The van der Waals surface area contributed by atoms with Gasteiger partial charge in [0.15, 0.2) is 0 Å². The Bertz CT molecular complexity index is 956. The molecule has 1 aliphatic heterocycles. The average molecular weight is 386 g/mol. The molecule has 0 saturated heterocycles. The van der Waals surface area contributed by atoms with E-state index in [0.717, 1.165) is 5.56 Å². The highest BCUT2D eigenvalue weighted by Gasteiger charge is 2.30. The zero-order chi connectivity index (χ0) is 19.4. The predicted molar refractivity (Wildman–Crippen MR) is 104 cm³/mol. The van der Waals surface area contributed by atoms with E-state index in [1.165, 1.54) is 6.07 Å². The standard InChI is InChI=1S/C19H22N4O3S/c1-23(2)16(14-8-4-3-5-9-14)12-20-18(24)13-21-19-15-10-6-7-11-17(15)27(25,26)22-19/h3-11,16H,12-13H2,1-2H3,(H,20,24)(H,21,22). The van der Waals surface area contributed by atoms with Gasteiger partial charge < -0.3 is 10.2 Å². The van der Waals surface area contributed by atoms with Gasteiger partial charge in [-0.3, -0.25) is 14.5 Å². The molecule has 0 aromatic heterocycles. The number of nitrogens with zero attached hydrogens (tertiary/aromatic N) is 2. The Balaban J connectivity index is 1.64. The van der Waals surface area contributed by atoms with Gasteiger partial charge in [0.1, 0.15) is 12.4 Å². The van der Waals surface area contributed by atoms with Crippen molar-refractivity contribution in [3.8, 4) is 0 Å². The van der Waals surface area contributed by atoms with Crippen molar-refractivity contribution in [3.05, 3.63) is 65.7 Å². The molecule has 1 aliphatic rings. The largest absolute Gasteiger partial charge is 0.353 e. The van der Waals surface area contributed by atoms with Crippen molar-refractivity contribution in [1.29, 1.82) is 0 Å². The maximum absolute atomic E-state index is 12.2. The lowest BCUT2D eigenvalue weighted by Crippen LogP contribution is -2.36. The smallest absolute Gasteiger partial charge is 0.263 e.